The van der Waals surface area contributed by atoms with E-state index in [1.807, 2.05) is 56.9 Å². The van der Waals surface area contributed by atoms with Crippen molar-refractivity contribution >= 4 is 42.8 Å². The van der Waals surface area contributed by atoms with Gasteiger partial charge in [-0.05, 0) is 59.1 Å². The lowest BCUT2D eigenvalue weighted by Crippen LogP contribution is -2.61. The van der Waals surface area contributed by atoms with Crippen molar-refractivity contribution in [3.8, 4) is 0 Å². The van der Waals surface area contributed by atoms with Gasteiger partial charge in [0.15, 0.2) is 0 Å². The Labute approximate surface area is 217 Å². The van der Waals surface area contributed by atoms with E-state index in [0.717, 1.165) is 16.8 Å². The molecule has 3 unspecified atom stereocenters. The number of anilines is 1. The normalized spacial score (nSPS) is 22.7. The molecule has 0 aliphatic carbocycles. The number of thiocarbonyl (C=S) groups is 1. The highest BCUT2D eigenvalue weighted by Gasteiger charge is 2.57. The minimum atomic E-state index is -0.983. The molecule has 3 atom stereocenters. The lowest BCUT2D eigenvalue weighted by Gasteiger charge is -2.48. The summed E-state index contributed by atoms with van der Waals surface area (Å²) in [5.41, 5.74) is 1.67. The van der Waals surface area contributed by atoms with Crippen molar-refractivity contribution in [2.45, 2.75) is 89.9 Å². The van der Waals surface area contributed by atoms with Gasteiger partial charge in [0.25, 0.3) is 0 Å². The van der Waals surface area contributed by atoms with E-state index in [1.165, 1.54) is 0 Å². The van der Waals surface area contributed by atoms with Crippen LogP contribution in [0, 0.1) is 0 Å². The summed E-state index contributed by atoms with van der Waals surface area (Å²) in [7, 11) is 0.798. The van der Waals surface area contributed by atoms with Crippen molar-refractivity contribution in [2.24, 2.45) is 0 Å². The van der Waals surface area contributed by atoms with Crippen LogP contribution in [0.2, 0.25) is 19.6 Å². The van der Waals surface area contributed by atoms with Crippen LogP contribution in [0.15, 0.2) is 36.4 Å². The fraction of sp³-hybridized carbons (Fsp3) is 0.593. The van der Waals surface area contributed by atoms with E-state index < -0.39 is 25.1 Å². The summed E-state index contributed by atoms with van der Waals surface area (Å²) in [5.74, 6) is -0.423. The van der Waals surface area contributed by atoms with Gasteiger partial charge < -0.3 is 19.7 Å². The molecule has 1 amide bonds. The van der Waals surface area contributed by atoms with Crippen LogP contribution in [0.25, 0.3) is 0 Å². The van der Waals surface area contributed by atoms with Gasteiger partial charge in [-0.3, -0.25) is 9.59 Å². The average Bonchev–Trinajstić information content (AvgIpc) is 3.00. The Balaban J connectivity index is 0.000000466. The third kappa shape index (κ3) is 6.60. The molecule has 0 aromatic heterocycles. The molecule has 2 aliphatic heterocycles. The van der Waals surface area contributed by atoms with E-state index in [-0.39, 0.29) is 18.4 Å². The summed E-state index contributed by atoms with van der Waals surface area (Å²) in [6.45, 7) is 20.6. The van der Waals surface area contributed by atoms with Gasteiger partial charge in [-0.15, -0.1) is 0 Å². The highest BCUT2D eigenvalue weighted by atomic mass is 32.1. The third-order valence-electron chi connectivity index (χ3n) is 6.65. The number of nitrogens with zero attached hydrogens (tertiary/aromatic N) is 1. The zero-order chi connectivity index (χ0) is 26.8. The van der Waals surface area contributed by atoms with Gasteiger partial charge in [0, 0.05) is 18.5 Å². The maximum absolute atomic E-state index is 13.2. The highest BCUT2D eigenvalue weighted by Crippen LogP contribution is 2.49. The number of ether oxygens (including phenoxy) is 2. The monoisotopic (exact) mass is 518 g/mol. The first kappa shape index (κ1) is 29.2. The molecule has 6 nitrogen and oxygen atoms in total. The zero-order valence-corrected chi connectivity index (χ0v) is 24.6. The first-order chi connectivity index (χ1) is 16.0. The maximum Gasteiger partial charge on any atom is 0.326 e. The number of carbonyl (C=O) groups excluding carboxylic acids is 2. The summed E-state index contributed by atoms with van der Waals surface area (Å²) in [6.07, 6.45) is 1.15. The van der Waals surface area contributed by atoms with Crippen LogP contribution in [-0.4, -0.2) is 60.9 Å². The molecule has 8 heteroatoms. The van der Waals surface area contributed by atoms with Gasteiger partial charge in [-0.2, -0.15) is 0 Å². The largest absolute Gasteiger partial charge is 0.459 e. The Morgan fingerprint density at radius 1 is 1.31 bits per heavy atom. The molecule has 0 radical (unpaired) electrons. The summed E-state index contributed by atoms with van der Waals surface area (Å²) in [4.78, 5) is 28.2. The van der Waals surface area contributed by atoms with E-state index in [1.54, 1.807) is 7.11 Å². The van der Waals surface area contributed by atoms with Crippen LogP contribution < -0.4 is 5.32 Å². The van der Waals surface area contributed by atoms with Gasteiger partial charge in [0.05, 0.1) is 19.1 Å². The van der Waals surface area contributed by atoms with Crippen molar-refractivity contribution in [3.05, 3.63) is 42.0 Å². The number of fused-ring (bicyclic) bond motifs is 2. The maximum atomic E-state index is 13.2. The van der Waals surface area contributed by atoms with Crippen molar-refractivity contribution < 1.29 is 19.1 Å². The second-order valence-electron chi connectivity index (χ2n) is 11.6. The first-order valence-electron chi connectivity index (χ1n) is 12.1. The number of hydrogen-bond donors (Lipinski definition) is 1. The number of para-hydroxylation sites is 1. The Morgan fingerprint density at radius 3 is 2.40 bits per heavy atom. The summed E-state index contributed by atoms with van der Waals surface area (Å²) >= 11 is 5.58. The molecular formula is C27H42N2O4SSi. The molecule has 1 saturated heterocycles. The minimum absolute atomic E-state index is 0.00479. The fourth-order valence-electron chi connectivity index (χ4n) is 4.58. The van der Waals surface area contributed by atoms with Crippen molar-refractivity contribution in [1.29, 1.82) is 0 Å². The quantitative estimate of drug-likeness (QED) is 0.241. The highest BCUT2D eigenvalue weighted by molar-refractivity contribution is 7.80. The van der Waals surface area contributed by atoms with Gasteiger partial charge in [-0.25, -0.2) is 0 Å². The van der Waals surface area contributed by atoms with E-state index in [0.29, 0.717) is 23.6 Å². The average molecular weight is 519 g/mol. The number of benzene rings is 1. The summed E-state index contributed by atoms with van der Waals surface area (Å²) in [5, 5.41) is 3.00. The van der Waals surface area contributed by atoms with Crippen LogP contribution in [0.3, 0.4) is 0 Å². The number of carbonyl (C=O) groups is 2. The first-order valence-corrected chi connectivity index (χ1v) is 16.1. The standard InChI is InChI=1S/C21H26N2O3S.C6H16OSi/c1-13(2)18-21(14-8-6-7-9-15(14)22-19(21)25)11-10-16(27)23(18)12-17(24)26-20(3,4)5;1-6(7-2)8(3,4)5/h6-9,18H,1,10-12H2,2-5H3,(H,22,25);6H,1-5H3. The van der Waals surface area contributed by atoms with Gasteiger partial charge >= 0.3 is 5.97 Å². The molecule has 1 spiro atoms. The van der Waals surface area contributed by atoms with Gasteiger partial charge in [0.2, 0.25) is 5.91 Å². The minimum Gasteiger partial charge on any atom is -0.459 e. The predicted octanol–water partition coefficient (Wildman–Crippen LogP) is 5.48. The third-order valence-corrected chi connectivity index (χ3v) is 9.77. The van der Waals surface area contributed by atoms with Crippen molar-refractivity contribution in [1.82, 2.24) is 4.90 Å². The molecular weight excluding hydrogens is 476 g/mol. The number of likely N-dealkylation sites (tertiary alicyclic amines) is 1. The van der Waals surface area contributed by atoms with E-state index >= 15 is 0 Å². The lowest BCUT2D eigenvalue weighted by molar-refractivity contribution is -0.156. The van der Waals surface area contributed by atoms with Crippen molar-refractivity contribution in [2.75, 3.05) is 19.0 Å². The number of esters is 1. The molecule has 2 aliphatic rings. The SMILES string of the molecule is C=C(C)C1N(CC(=O)OC(C)(C)C)C(=S)CCC12C(=O)Nc1ccccc12.COC(C)[Si](C)(C)C. The van der Waals surface area contributed by atoms with Crippen molar-refractivity contribution in [3.63, 3.8) is 0 Å². The second-order valence-corrected chi connectivity index (χ2v) is 17.6. The predicted molar refractivity (Wildman–Crippen MR) is 150 cm³/mol. The van der Waals surface area contributed by atoms with Gasteiger partial charge in [-0.1, -0.05) is 62.2 Å². The van der Waals surface area contributed by atoms with E-state index in [4.69, 9.17) is 21.7 Å². The smallest absolute Gasteiger partial charge is 0.326 e. The molecule has 1 aromatic carbocycles. The summed E-state index contributed by atoms with van der Waals surface area (Å²) < 4.78 is 10.7. The number of piperidine rings is 1. The molecule has 2 heterocycles. The molecule has 1 aromatic rings. The molecule has 0 bridgehead atoms. The number of nitrogens with one attached hydrogen (secondary N) is 1. The lowest BCUT2D eigenvalue weighted by atomic mass is 9.67. The zero-order valence-electron chi connectivity index (χ0n) is 22.8. The van der Waals surface area contributed by atoms with Crippen LogP contribution in [0.1, 0.15) is 53.0 Å². The van der Waals surface area contributed by atoms with Crippen LogP contribution >= 0.6 is 12.2 Å². The van der Waals surface area contributed by atoms with Crippen LogP contribution in [0.4, 0.5) is 5.69 Å². The van der Waals surface area contributed by atoms with E-state index in [2.05, 4.69) is 38.5 Å². The Kier molecular flexibility index (Phi) is 9.12. The molecule has 194 valence electrons. The fourth-order valence-corrected chi connectivity index (χ4v) is 5.56. The molecule has 3 rings (SSSR count). The molecule has 1 N–H and O–H groups in total. The van der Waals surface area contributed by atoms with Crippen LogP contribution in [-0.2, 0) is 24.5 Å². The van der Waals surface area contributed by atoms with Crippen LogP contribution in [0.5, 0.6) is 0 Å². The molecule has 35 heavy (non-hydrogen) atoms. The Morgan fingerprint density at radius 2 is 1.91 bits per heavy atom. The van der Waals surface area contributed by atoms with Gasteiger partial charge in [0.1, 0.15) is 17.6 Å². The van der Waals surface area contributed by atoms with E-state index in [9.17, 15) is 9.59 Å². The topological polar surface area (TPSA) is 67.9 Å². The number of rotatable bonds is 5. The molecule has 0 saturated carbocycles. The number of methoxy groups -OCH3 is 1. The Hall–Kier alpha value is -2.03. The number of hydrogen-bond acceptors (Lipinski definition) is 5. The number of amides is 1. The summed E-state index contributed by atoms with van der Waals surface area (Å²) in [6, 6.07) is 7.32. The second kappa shape index (κ2) is 10.9. The Bertz CT molecular complexity index is 982. The molecule has 1 fully saturated rings.